The monoisotopic (exact) mass is 430 g/mol. The van der Waals surface area contributed by atoms with Crippen molar-refractivity contribution in [2.45, 2.75) is 39.1 Å². The van der Waals surface area contributed by atoms with E-state index in [4.69, 9.17) is 16.3 Å². The molecule has 3 rings (SSSR count). The second kappa shape index (κ2) is 9.80. The molecule has 29 heavy (non-hydrogen) atoms. The number of hydrogen-bond acceptors (Lipinski definition) is 5. The van der Waals surface area contributed by atoms with Crippen molar-refractivity contribution >= 4 is 35.0 Å². The number of nitrogens with zero attached hydrogens (tertiary/aromatic N) is 3. The van der Waals surface area contributed by atoms with E-state index in [0.717, 1.165) is 22.7 Å². The SMILES string of the molecule is CCn1c(COc2cc(C)cc(C)c2)nnc1SCC(=O)Nc1ccccc1Cl. The highest BCUT2D eigenvalue weighted by molar-refractivity contribution is 7.99. The molecule has 0 aliphatic heterocycles. The first-order valence-electron chi connectivity index (χ1n) is 9.26. The average molecular weight is 431 g/mol. The minimum atomic E-state index is -0.151. The summed E-state index contributed by atoms with van der Waals surface area (Å²) in [5.41, 5.74) is 2.90. The number of halogens is 1. The molecule has 0 fully saturated rings. The zero-order chi connectivity index (χ0) is 20.8. The number of nitrogens with one attached hydrogen (secondary N) is 1. The molecule has 0 unspecified atom stereocenters. The number of rotatable bonds is 8. The summed E-state index contributed by atoms with van der Waals surface area (Å²) in [6.45, 7) is 7.09. The summed E-state index contributed by atoms with van der Waals surface area (Å²) in [5.74, 6) is 1.59. The van der Waals surface area contributed by atoms with Gasteiger partial charge in [-0.25, -0.2) is 0 Å². The van der Waals surface area contributed by atoms with Gasteiger partial charge in [0.25, 0.3) is 0 Å². The Hall–Kier alpha value is -2.51. The second-order valence-electron chi connectivity index (χ2n) is 6.57. The molecular weight excluding hydrogens is 408 g/mol. The topological polar surface area (TPSA) is 69.0 Å². The van der Waals surface area contributed by atoms with E-state index in [1.54, 1.807) is 12.1 Å². The van der Waals surface area contributed by atoms with Crippen LogP contribution in [0.3, 0.4) is 0 Å². The van der Waals surface area contributed by atoms with Crippen molar-refractivity contribution in [2.75, 3.05) is 11.1 Å². The van der Waals surface area contributed by atoms with E-state index in [9.17, 15) is 4.79 Å². The fraction of sp³-hybridized carbons (Fsp3) is 0.286. The van der Waals surface area contributed by atoms with E-state index in [-0.39, 0.29) is 11.7 Å². The number of aryl methyl sites for hydroxylation is 2. The number of anilines is 1. The quantitative estimate of drug-likeness (QED) is 0.516. The van der Waals surface area contributed by atoms with Crippen LogP contribution in [0.4, 0.5) is 5.69 Å². The molecule has 0 saturated heterocycles. The highest BCUT2D eigenvalue weighted by Gasteiger charge is 2.14. The van der Waals surface area contributed by atoms with Crippen molar-refractivity contribution < 1.29 is 9.53 Å². The summed E-state index contributed by atoms with van der Waals surface area (Å²) in [7, 11) is 0. The normalized spacial score (nSPS) is 10.8. The number of thioether (sulfide) groups is 1. The third-order valence-electron chi connectivity index (χ3n) is 4.15. The minimum absolute atomic E-state index is 0.151. The molecule has 152 valence electrons. The number of hydrogen-bond donors (Lipinski definition) is 1. The highest BCUT2D eigenvalue weighted by atomic mass is 35.5. The smallest absolute Gasteiger partial charge is 0.234 e. The number of ether oxygens (including phenoxy) is 1. The van der Waals surface area contributed by atoms with Crippen LogP contribution < -0.4 is 10.1 Å². The molecule has 1 heterocycles. The summed E-state index contributed by atoms with van der Waals surface area (Å²) in [6, 6.07) is 13.2. The van der Waals surface area contributed by atoms with Gasteiger partial charge in [0.2, 0.25) is 5.91 Å². The number of carbonyl (C=O) groups excluding carboxylic acids is 1. The van der Waals surface area contributed by atoms with Crippen LogP contribution in [0.25, 0.3) is 0 Å². The highest BCUT2D eigenvalue weighted by Crippen LogP contribution is 2.23. The van der Waals surface area contributed by atoms with Crippen LogP contribution in [0.15, 0.2) is 47.6 Å². The Morgan fingerprint density at radius 1 is 1.17 bits per heavy atom. The molecule has 0 spiro atoms. The number of carbonyl (C=O) groups is 1. The third-order valence-corrected chi connectivity index (χ3v) is 5.45. The van der Waals surface area contributed by atoms with Gasteiger partial charge in [0.1, 0.15) is 12.4 Å². The fourth-order valence-electron chi connectivity index (χ4n) is 2.89. The second-order valence-corrected chi connectivity index (χ2v) is 7.92. The summed E-state index contributed by atoms with van der Waals surface area (Å²) in [6.07, 6.45) is 0. The Morgan fingerprint density at radius 3 is 2.59 bits per heavy atom. The Bertz CT molecular complexity index is 986. The predicted molar refractivity (Wildman–Crippen MR) is 117 cm³/mol. The Labute approximate surface area is 179 Å². The molecule has 0 aliphatic rings. The maximum atomic E-state index is 12.2. The summed E-state index contributed by atoms with van der Waals surface area (Å²) in [4.78, 5) is 12.2. The maximum absolute atomic E-state index is 12.2. The number of benzene rings is 2. The molecule has 0 bridgehead atoms. The van der Waals surface area contributed by atoms with Gasteiger partial charge in [0.05, 0.1) is 16.5 Å². The lowest BCUT2D eigenvalue weighted by Crippen LogP contribution is -2.15. The average Bonchev–Trinajstić information content (AvgIpc) is 3.07. The lowest BCUT2D eigenvalue weighted by molar-refractivity contribution is -0.113. The van der Waals surface area contributed by atoms with Crippen LogP contribution >= 0.6 is 23.4 Å². The molecule has 1 N–H and O–H groups in total. The standard InChI is InChI=1S/C21H23ClN4O2S/c1-4-26-19(12-28-16-10-14(2)9-15(3)11-16)24-25-21(26)29-13-20(27)23-18-8-6-5-7-17(18)22/h5-11H,4,12-13H2,1-3H3,(H,23,27). The predicted octanol–water partition coefficient (Wildman–Crippen LogP) is 4.88. The van der Waals surface area contributed by atoms with Crippen LogP contribution in [0, 0.1) is 13.8 Å². The largest absolute Gasteiger partial charge is 0.486 e. The van der Waals surface area contributed by atoms with Crippen molar-refractivity contribution in [3.05, 3.63) is 64.4 Å². The maximum Gasteiger partial charge on any atom is 0.234 e. The van der Waals surface area contributed by atoms with Crippen LogP contribution in [-0.2, 0) is 17.9 Å². The van der Waals surface area contributed by atoms with Gasteiger partial charge in [-0.15, -0.1) is 10.2 Å². The summed E-state index contributed by atoms with van der Waals surface area (Å²) >= 11 is 7.41. The van der Waals surface area contributed by atoms with Crippen molar-refractivity contribution in [1.82, 2.24) is 14.8 Å². The zero-order valence-electron chi connectivity index (χ0n) is 16.6. The molecule has 1 amide bonds. The van der Waals surface area contributed by atoms with Gasteiger partial charge in [0.15, 0.2) is 11.0 Å². The molecule has 8 heteroatoms. The molecule has 2 aromatic carbocycles. The number of aromatic nitrogens is 3. The lowest BCUT2D eigenvalue weighted by Gasteiger charge is -2.10. The first-order chi connectivity index (χ1) is 14.0. The van der Waals surface area contributed by atoms with Gasteiger partial charge in [-0.2, -0.15) is 0 Å². The lowest BCUT2D eigenvalue weighted by atomic mass is 10.1. The molecule has 0 radical (unpaired) electrons. The molecule has 1 aromatic heterocycles. The fourth-order valence-corrected chi connectivity index (χ4v) is 3.90. The molecular formula is C21H23ClN4O2S. The molecule has 3 aromatic rings. The van der Waals surface area contributed by atoms with Crippen molar-refractivity contribution in [3.8, 4) is 5.75 Å². The van der Waals surface area contributed by atoms with E-state index < -0.39 is 0 Å². The zero-order valence-corrected chi connectivity index (χ0v) is 18.2. The van der Waals surface area contributed by atoms with Gasteiger partial charge in [-0.05, 0) is 56.2 Å². The van der Waals surface area contributed by atoms with Crippen LogP contribution in [0.1, 0.15) is 23.9 Å². The van der Waals surface area contributed by atoms with Crippen LogP contribution in [0.5, 0.6) is 5.75 Å². The minimum Gasteiger partial charge on any atom is -0.486 e. The van der Waals surface area contributed by atoms with Crippen molar-refractivity contribution in [2.24, 2.45) is 0 Å². The first kappa shape index (κ1) is 21.2. The van der Waals surface area contributed by atoms with Gasteiger partial charge in [-0.3, -0.25) is 4.79 Å². The van der Waals surface area contributed by atoms with E-state index >= 15 is 0 Å². The van der Waals surface area contributed by atoms with Crippen LogP contribution in [-0.4, -0.2) is 26.4 Å². The Morgan fingerprint density at radius 2 is 1.90 bits per heavy atom. The van der Waals surface area contributed by atoms with Gasteiger partial charge in [0, 0.05) is 6.54 Å². The Balaban J connectivity index is 1.60. The van der Waals surface area contributed by atoms with Gasteiger partial charge >= 0.3 is 0 Å². The third kappa shape index (κ3) is 5.74. The number of para-hydroxylation sites is 1. The summed E-state index contributed by atoms with van der Waals surface area (Å²) < 4.78 is 7.86. The van der Waals surface area contributed by atoms with Gasteiger partial charge in [-0.1, -0.05) is 41.6 Å². The van der Waals surface area contributed by atoms with E-state index in [1.807, 2.05) is 49.6 Å². The van der Waals surface area contributed by atoms with E-state index in [2.05, 4.69) is 21.6 Å². The molecule has 0 atom stereocenters. The van der Waals surface area contributed by atoms with Crippen molar-refractivity contribution in [1.29, 1.82) is 0 Å². The Kier molecular flexibility index (Phi) is 7.17. The number of amides is 1. The van der Waals surface area contributed by atoms with E-state index in [0.29, 0.717) is 29.0 Å². The van der Waals surface area contributed by atoms with Gasteiger partial charge < -0.3 is 14.6 Å². The molecule has 0 saturated carbocycles. The van der Waals surface area contributed by atoms with Crippen LogP contribution in [0.2, 0.25) is 5.02 Å². The first-order valence-corrected chi connectivity index (χ1v) is 10.6. The summed E-state index contributed by atoms with van der Waals surface area (Å²) in [5, 5.41) is 12.5. The van der Waals surface area contributed by atoms with E-state index in [1.165, 1.54) is 11.8 Å². The molecule has 0 aliphatic carbocycles. The van der Waals surface area contributed by atoms with Crippen molar-refractivity contribution in [3.63, 3.8) is 0 Å². The molecule has 6 nitrogen and oxygen atoms in total.